The first-order valence-electron chi connectivity index (χ1n) is 5.80. The van der Waals surface area contributed by atoms with Gasteiger partial charge in [-0.2, -0.15) is 0 Å². The fourth-order valence-electron chi connectivity index (χ4n) is 1.73. The first kappa shape index (κ1) is 12.5. The molecule has 1 aliphatic heterocycles. The molecule has 4 N–H and O–H groups in total. The first-order valence-corrected chi connectivity index (χ1v) is 5.80. The molecular weight excluding hydrogens is 236 g/mol. The van der Waals surface area contributed by atoms with Crippen molar-refractivity contribution in [2.45, 2.75) is 6.42 Å². The third-order valence-electron chi connectivity index (χ3n) is 2.51. The molecule has 0 fully saturated rings. The van der Waals surface area contributed by atoms with Gasteiger partial charge in [0.2, 0.25) is 0 Å². The molecule has 6 nitrogen and oxygen atoms in total. The Kier molecular flexibility index (Phi) is 3.88. The van der Waals surface area contributed by atoms with Crippen LogP contribution >= 0.6 is 0 Å². The van der Waals surface area contributed by atoms with Crippen LogP contribution in [0.3, 0.4) is 0 Å². The number of nitrogens with one attached hydrogen (secondary N) is 1. The van der Waals surface area contributed by atoms with E-state index >= 15 is 0 Å². The molecule has 1 heterocycles. The molecule has 0 saturated heterocycles. The van der Waals surface area contributed by atoms with Crippen LogP contribution in [0.2, 0.25) is 0 Å². The van der Waals surface area contributed by atoms with Crippen molar-refractivity contribution < 1.29 is 19.4 Å². The normalized spacial score (nSPS) is 13.8. The number of carbonyl (C=O) groups excluding carboxylic acids is 1. The van der Waals surface area contributed by atoms with Crippen molar-refractivity contribution >= 4 is 11.6 Å². The number of anilines is 1. The second-order valence-corrected chi connectivity index (χ2v) is 3.93. The molecule has 0 aliphatic carbocycles. The van der Waals surface area contributed by atoms with Gasteiger partial charge in [0.15, 0.2) is 11.5 Å². The molecule has 98 valence electrons. The second kappa shape index (κ2) is 5.59. The van der Waals surface area contributed by atoms with Gasteiger partial charge in [0.25, 0.3) is 5.91 Å². The van der Waals surface area contributed by atoms with Crippen molar-refractivity contribution in [2.24, 2.45) is 0 Å². The molecule has 6 heteroatoms. The summed E-state index contributed by atoms with van der Waals surface area (Å²) in [6, 6.07) is 3.18. The quantitative estimate of drug-likeness (QED) is 0.666. The van der Waals surface area contributed by atoms with Gasteiger partial charge in [0, 0.05) is 24.7 Å². The minimum absolute atomic E-state index is 0.117. The third kappa shape index (κ3) is 2.65. The highest BCUT2D eigenvalue weighted by Gasteiger charge is 2.20. The summed E-state index contributed by atoms with van der Waals surface area (Å²) in [5, 5.41) is 11.3. The number of nitrogens with two attached hydrogens (primary N) is 1. The van der Waals surface area contributed by atoms with E-state index in [-0.39, 0.29) is 19.1 Å². The van der Waals surface area contributed by atoms with Crippen LogP contribution in [0.15, 0.2) is 12.1 Å². The Bertz CT molecular complexity index is 448. The van der Waals surface area contributed by atoms with Gasteiger partial charge in [-0.3, -0.25) is 4.79 Å². The number of hydrogen-bond donors (Lipinski definition) is 3. The predicted molar refractivity (Wildman–Crippen MR) is 65.9 cm³/mol. The molecule has 1 amide bonds. The molecule has 0 radical (unpaired) electrons. The lowest BCUT2D eigenvalue weighted by Gasteiger charge is -2.13. The van der Waals surface area contributed by atoms with E-state index in [1.807, 2.05) is 0 Å². The monoisotopic (exact) mass is 252 g/mol. The lowest BCUT2D eigenvalue weighted by Crippen LogP contribution is -2.27. The summed E-state index contributed by atoms with van der Waals surface area (Å²) < 4.78 is 11.0. The number of nitrogen functional groups attached to an aromatic ring is 1. The molecule has 18 heavy (non-hydrogen) atoms. The summed E-state index contributed by atoms with van der Waals surface area (Å²) >= 11 is 0. The van der Waals surface area contributed by atoms with E-state index in [9.17, 15) is 4.79 Å². The van der Waals surface area contributed by atoms with Crippen LogP contribution in [0.4, 0.5) is 5.69 Å². The molecule has 2 rings (SSSR count). The minimum atomic E-state index is -0.335. The maximum absolute atomic E-state index is 11.9. The summed E-state index contributed by atoms with van der Waals surface area (Å²) in [7, 11) is 0. The van der Waals surface area contributed by atoms with Gasteiger partial charge in [0.05, 0.1) is 25.4 Å². The Morgan fingerprint density at radius 2 is 2.17 bits per heavy atom. The minimum Gasteiger partial charge on any atom is -0.489 e. The van der Waals surface area contributed by atoms with Gasteiger partial charge in [-0.1, -0.05) is 0 Å². The highest BCUT2D eigenvalue weighted by molar-refractivity contribution is 5.98. The fourth-order valence-corrected chi connectivity index (χ4v) is 1.73. The number of amides is 1. The Labute approximate surface area is 105 Å². The van der Waals surface area contributed by atoms with E-state index < -0.39 is 0 Å². The summed E-state index contributed by atoms with van der Waals surface area (Å²) in [5.41, 5.74) is 6.51. The molecule has 0 bridgehead atoms. The summed E-state index contributed by atoms with van der Waals surface area (Å²) in [4.78, 5) is 11.9. The molecule has 1 aromatic carbocycles. The van der Waals surface area contributed by atoms with Crippen LogP contribution in [-0.4, -0.2) is 37.4 Å². The number of aliphatic hydroxyl groups excluding tert-OH is 1. The zero-order valence-corrected chi connectivity index (χ0v) is 9.94. The average molecular weight is 252 g/mol. The SMILES string of the molecule is Nc1cc2c(c(C(=O)NCCO)c1)OCCCO2. The van der Waals surface area contributed by atoms with Crippen molar-refractivity contribution in [1.82, 2.24) is 5.32 Å². The van der Waals surface area contributed by atoms with E-state index in [0.29, 0.717) is 36.0 Å². The van der Waals surface area contributed by atoms with Gasteiger partial charge in [0.1, 0.15) is 0 Å². The maximum Gasteiger partial charge on any atom is 0.255 e. The van der Waals surface area contributed by atoms with Crippen molar-refractivity contribution in [3.05, 3.63) is 17.7 Å². The van der Waals surface area contributed by atoms with E-state index in [0.717, 1.165) is 6.42 Å². The Morgan fingerprint density at radius 3 is 2.94 bits per heavy atom. The van der Waals surface area contributed by atoms with Crippen LogP contribution in [0, 0.1) is 0 Å². The zero-order chi connectivity index (χ0) is 13.0. The number of fused-ring (bicyclic) bond motifs is 1. The van der Waals surface area contributed by atoms with E-state index in [1.165, 1.54) is 0 Å². The number of rotatable bonds is 3. The van der Waals surface area contributed by atoms with Crippen molar-refractivity contribution in [2.75, 3.05) is 32.1 Å². The van der Waals surface area contributed by atoms with Crippen LogP contribution in [-0.2, 0) is 0 Å². The average Bonchev–Trinajstić information content (AvgIpc) is 2.59. The van der Waals surface area contributed by atoms with Crippen LogP contribution < -0.4 is 20.5 Å². The molecule has 0 unspecified atom stereocenters. The maximum atomic E-state index is 11.9. The predicted octanol–water partition coefficient (Wildman–Crippen LogP) is 0.152. The second-order valence-electron chi connectivity index (χ2n) is 3.93. The van der Waals surface area contributed by atoms with Crippen LogP contribution in [0.1, 0.15) is 16.8 Å². The number of carbonyl (C=O) groups is 1. The smallest absolute Gasteiger partial charge is 0.255 e. The largest absolute Gasteiger partial charge is 0.489 e. The van der Waals surface area contributed by atoms with E-state index in [2.05, 4.69) is 5.32 Å². The number of ether oxygens (including phenoxy) is 2. The topological polar surface area (TPSA) is 93.8 Å². The third-order valence-corrected chi connectivity index (χ3v) is 2.51. The van der Waals surface area contributed by atoms with Gasteiger partial charge in [-0.05, 0) is 6.07 Å². The van der Waals surface area contributed by atoms with Crippen molar-refractivity contribution in [3.8, 4) is 11.5 Å². The Morgan fingerprint density at radius 1 is 1.39 bits per heavy atom. The van der Waals surface area contributed by atoms with Crippen molar-refractivity contribution in [3.63, 3.8) is 0 Å². The van der Waals surface area contributed by atoms with Crippen LogP contribution in [0.25, 0.3) is 0 Å². The zero-order valence-electron chi connectivity index (χ0n) is 9.94. The highest BCUT2D eigenvalue weighted by atomic mass is 16.5. The molecule has 0 saturated carbocycles. The van der Waals surface area contributed by atoms with Gasteiger partial charge in [-0.15, -0.1) is 0 Å². The summed E-state index contributed by atoms with van der Waals surface area (Å²) in [6.45, 7) is 1.10. The van der Waals surface area contributed by atoms with Gasteiger partial charge in [-0.25, -0.2) is 0 Å². The van der Waals surface area contributed by atoms with Gasteiger partial charge < -0.3 is 25.6 Å². The lowest BCUT2D eigenvalue weighted by molar-refractivity contribution is 0.0940. The van der Waals surface area contributed by atoms with Crippen molar-refractivity contribution in [1.29, 1.82) is 0 Å². The van der Waals surface area contributed by atoms with E-state index in [1.54, 1.807) is 12.1 Å². The molecule has 1 aliphatic rings. The Balaban J connectivity index is 2.33. The highest BCUT2D eigenvalue weighted by Crippen LogP contribution is 2.35. The fraction of sp³-hybridized carbons (Fsp3) is 0.417. The summed E-state index contributed by atoms with van der Waals surface area (Å²) in [6.07, 6.45) is 0.756. The molecule has 0 atom stereocenters. The van der Waals surface area contributed by atoms with Gasteiger partial charge >= 0.3 is 0 Å². The molecule has 0 spiro atoms. The summed E-state index contributed by atoms with van der Waals surface area (Å²) in [5.74, 6) is 0.567. The molecule has 1 aromatic rings. The Hall–Kier alpha value is -1.95. The number of benzene rings is 1. The standard InChI is InChI=1S/C12H16N2O4/c13-8-6-9(12(16)14-2-3-15)11-10(7-8)17-4-1-5-18-11/h6-7,15H,1-5,13H2,(H,14,16). The lowest BCUT2D eigenvalue weighted by atomic mass is 10.1. The van der Waals surface area contributed by atoms with Crippen LogP contribution in [0.5, 0.6) is 11.5 Å². The first-order chi connectivity index (χ1) is 8.72. The number of aliphatic hydroxyl groups is 1. The molecular formula is C12H16N2O4. The molecule has 0 aromatic heterocycles. The number of hydrogen-bond acceptors (Lipinski definition) is 5. The van der Waals surface area contributed by atoms with E-state index in [4.69, 9.17) is 20.3 Å².